The van der Waals surface area contributed by atoms with Gasteiger partial charge in [-0.2, -0.15) is 0 Å². The number of carboxylic acids is 1. The molecule has 0 saturated heterocycles. The van der Waals surface area contributed by atoms with Crippen molar-refractivity contribution in [3.8, 4) is 0 Å². The number of hydrogen-bond donors (Lipinski definition) is 2. The molecule has 15 heavy (non-hydrogen) atoms. The van der Waals surface area contributed by atoms with Gasteiger partial charge in [0.25, 0.3) is 0 Å². The Balaban J connectivity index is 2.68. The molecule has 2 N–H and O–H groups in total. The molecule has 1 aromatic rings. The number of carboxylic acid groups (broad SMARTS) is 1. The minimum absolute atomic E-state index is 0.0736. The lowest BCUT2D eigenvalue weighted by atomic mass is 10.2. The predicted molar refractivity (Wildman–Crippen MR) is 61.5 cm³/mol. The molecule has 1 aromatic carbocycles. The van der Waals surface area contributed by atoms with Gasteiger partial charge in [-0.05, 0) is 31.5 Å². The summed E-state index contributed by atoms with van der Waals surface area (Å²) in [5.41, 5.74) is 1.85. The van der Waals surface area contributed by atoms with Gasteiger partial charge in [0.05, 0.1) is 17.1 Å². The fraction of sp³-hybridized carbons (Fsp3) is 0.364. The number of rotatable bonds is 4. The first-order valence-corrected chi connectivity index (χ1v) is 5.11. The fourth-order valence-electron chi connectivity index (χ4n) is 1.32. The summed E-state index contributed by atoms with van der Waals surface area (Å²) < 4.78 is 0. The first-order chi connectivity index (χ1) is 6.99. The van der Waals surface area contributed by atoms with E-state index in [4.69, 9.17) is 16.7 Å². The number of anilines is 1. The van der Waals surface area contributed by atoms with Crippen molar-refractivity contribution in [2.24, 2.45) is 0 Å². The third kappa shape index (κ3) is 3.80. The molecule has 4 heteroatoms. The number of benzene rings is 1. The van der Waals surface area contributed by atoms with E-state index in [-0.39, 0.29) is 12.5 Å². The van der Waals surface area contributed by atoms with Crippen LogP contribution in [0.4, 0.5) is 5.69 Å². The third-order valence-corrected chi connectivity index (χ3v) is 2.32. The van der Waals surface area contributed by atoms with Gasteiger partial charge in [-0.3, -0.25) is 4.79 Å². The van der Waals surface area contributed by atoms with Crippen LogP contribution in [0.1, 0.15) is 18.9 Å². The van der Waals surface area contributed by atoms with Crippen molar-refractivity contribution in [1.29, 1.82) is 0 Å². The number of halogens is 1. The van der Waals surface area contributed by atoms with Crippen molar-refractivity contribution in [3.05, 3.63) is 28.8 Å². The summed E-state index contributed by atoms with van der Waals surface area (Å²) in [5.74, 6) is -0.821. The predicted octanol–water partition coefficient (Wildman–Crippen LogP) is 2.92. The molecule has 0 bridgehead atoms. The van der Waals surface area contributed by atoms with Crippen molar-refractivity contribution in [3.63, 3.8) is 0 Å². The molecule has 3 nitrogen and oxygen atoms in total. The first-order valence-electron chi connectivity index (χ1n) is 4.73. The van der Waals surface area contributed by atoms with E-state index in [1.54, 1.807) is 0 Å². The zero-order chi connectivity index (χ0) is 11.4. The van der Waals surface area contributed by atoms with E-state index in [0.29, 0.717) is 5.02 Å². The van der Waals surface area contributed by atoms with Crippen LogP contribution in [0.3, 0.4) is 0 Å². The molecule has 0 aliphatic carbocycles. The summed E-state index contributed by atoms with van der Waals surface area (Å²) in [6.07, 6.45) is 0.0736. The van der Waals surface area contributed by atoms with E-state index >= 15 is 0 Å². The van der Waals surface area contributed by atoms with Crippen LogP contribution in [0, 0.1) is 6.92 Å². The molecule has 1 atom stereocenters. The van der Waals surface area contributed by atoms with Crippen LogP contribution in [0.15, 0.2) is 18.2 Å². The molecule has 0 amide bonds. The number of carbonyl (C=O) groups is 1. The van der Waals surface area contributed by atoms with E-state index in [1.165, 1.54) is 0 Å². The molecule has 82 valence electrons. The highest BCUT2D eigenvalue weighted by Crippen LogP contribution is 2.23. The largest absolute Gasteiger partial charge is 0.481 e. The van der Waals surface area contributed by atoms with Gasteiger partial charge in [-0.1, -0.05) is 17.7 Å². The van der Waals surface area contributed by atoms with Crippen LogP contribution in [-0.2, 0) is 4.79 Å². The number of aliphatic carboxylic acids is 1. The van der Waals surface area contributed by atoms with E-state index in [2.05, 4.69) is 5.32 Å². The molecule has 0 radical (unpaired) electrons. The summed E-state index contributed by atoms with van der Waals surface area (Å²) in [7, 11) is 0. The minimum Gasteiger partial charge on any atom is -0.481 e. The van der Waals surface area contributed by atoms with E-state index < -0.39 is 5.97 Å². The average Bonchev–Trinajstić information content (AvgIpc) is 2.08. The molecule has 0 heterocycles. The SMILES string of the molecule is Cc1ccc(NC(C)CC(=O)O)c(Cl)c1. The highest BCUT2D eigenvalue weighted by Gasteiger charge is 2.08. The highest BCUT2D eigenvalue weighted by atomic mass is 35.5. The minimum atomic E-state index is -0.821. The van der Waals surface area contributed by atoms with Crippen molar-refractivity contribution in [2.45, 2.75) is 26.3 Å². The molecule has 0 saturated carbocycles. The second kappa shape index (κ2) is 5.03. The summed E-state index contributed by atoms with van der Waals surface area (Å²) in [5, 5.41) is 12.3. The van der Waals surface area contributed by atoms with Crippen molar-refractivity contribution in [2.75, 3.05) is 5.32 Å². The summed E-state index contributed by atoms with van der Waals surface area (Å²) in [4.78, 5) is 10.5. The van der Waals surface area contributed by atoms with Crippen LogP contribution < -0.4 is 5.32 Å². The second-order valence-corrected chi connectivity index (χ2v) is 4.03. The Morgan fingerprint density at radius 1 is 1.60 bits per heavy atom. The number of nitrogens with one attached hydrogen (secondary N) is 1. The standard InChI is InChI=1S/C11H14ClNO2/c1-7-3-4-10(9(12)5-7)13-8(2)6-11(14)15/h3-5,8,13H,6H2,1-2H3,(H,14,15). The maximum absolute atomic E-state index is 10.5. The maximum Gasteiger partial charge on any atom is 0.305 e. The lowest BCUT2D eigenvalue weighted by Gasteiger charge is -2.14. The molecular weight excluding hydrogens is 214 g/mol. The summed E-state index contributed by atoms with van der Waals surface area (Å²) in [6, 6.07) is 5.50. The lowest BCUT2D eigenvalue weighted by Crippen LogP contribution is -2.19. The topological polar surface area (TPSA) is 49.3 Å². The average molecular weight is 228 g/mol. The molecular formula is C11H14ClNO2. The van der Waals surface area contributed by atoms with Gasteiger partial charge in [0.1, 0.15) is 0 Å². The van der Waals surface area contributed by atoms with Crippen molar-refractivity contribution < 1.29 is 9.90 Å². The normalized spacial score (nSPS) is 12.2. The molecule has 0 spiro atoms. The fourth-order valence-corrected chi connectivity index (χ4v) is 1.61. The summed E-state index contributed by atoms with van der Waals surface area (Å²) >= 11 is 6.00. The Kier molecular flexibility index (Phi) is 3.97. The van der Waals surface area contributed by atoms with E-state index in [0.717, 1.165) is 11.3 Å². The van der Waals surface area contributed by atoms with Crippen LogP contribution in [-0.4, -0.2) is 17.1 Å². The van der Waals surface area contributed by atoms with Crippen LogP contribution in [0.2, 0.25) is 5.02 Å². The Hall–Kier alpha value is -1.22. The van der Waals surface area contributed by atoms with Gasteiger partial charge in [-0.15, -0.1) is 0 Å². The van der Waals surface area contributed by atoms with Gasteiger partial charge >= 0.3 is 5.97 Å². The van der Waals surface area contributed by atoms with Crippen molar-refractivity contribution in [1.82, 2.24) is 0 Å². The van der Waals surface area contributed by atoms with Crippen molar-refractivity contribution >= 4 is 23.3 Å². The highest BCUT2D eigenvalue weighted by molar-refractivity contribution is 6.33. The molecule has 0 fully saturated rings. The maximum atomic E-state index is 10.5. The quantitative estimate of drug-likeness (QED) is 0.832. The Bertz CT molecular complexity index is 366. The molecule has 1 unspecified atom stereocenters. The zero-order valence-corrected chi connectivity index (χ0v) is 9.51. The van der Waals surface area contributed by atoms with Crippen LogP contribution in [0.5, 0.6) is 0 Å². The third-order valence-electron chi connectivity index (χ3n) is 2.01. The molecule has 0 aromatic heterocycles. The lowest BCUT2D eigenvalue weighted by molar-refractivity contribution is -0.137. The van der Waals surface area contributed by atoms with E-state index in [9.17, 15) is 4.79 Å². The van der Waals surface area contributed by atoms with Crippen LogP contribution in [0.25, 0.3) is 0 Å². The Labute approximate surface area is 94.1 Å². The van der Waals surface area contributed by atoms with E-state index in [1.807, 2.05) is 32.0 Å². The van der Waals surface area contributed by atoms with Crippen LogP contribution >= 0.6 is 11.6 Å². The number of hydrogen-bond acceptors (Lipinski definition) is 2. The van der Waals surface area contributed by atoms with Gasteiger partial charge in [0.15, 0.2) is 0 Å². The Morgan fingerprint density at radius 2 is 2.27 bits per heavy atom. The van der Waals surface area contributed by atoms with Gasteiger partial charge in [0, 0.05) is 6.04 Å². The molecule has 0 aliphatic rings. The van der Waals surface area contributed by atoms with Gasteiger partial charge < -0.3 is 10.4 Å². The first kappa shape index (κ1) is 11.9. The summed E-state index contributed by atoms with van der Waals surface area (Å²) in [6.45, 7) is 3.76. The monoisotopic (exact) mass is 227 g/mol. The zero-order valence-electron chi connectivity index (χ0n) is 8.75. The van der Waals surface area contributed by atoms with Gasteiger partial charge in [0.2, 0.25) is 0 Å². The smallest absolute Gasteiger partial charge is 0.305 e. The molecule has 0 aliphatic heterocycles. The second-order valence-electron chi connectivity index (χ2n) is 3.63. The van der Waals surface area contributed by atoms with Gasteiger partial charge in [-0.25, -0.2) is 0 Å². The number of aryl methyl sites for hydroxylation is 1. The Morgan fingerprint density at radius 3 is 2.80 bits per heavy atom. The molecule has 1 rings (SSSR count).